The fourth-order valence-electron chi connectivity index (χ4n) is 1.95. The van der Waals surface area contributed by atoms with Gasteiger partial charge in [0.2, 0.25) is 11.8 Å². The van der Waals surface area contributed by atoms with E-state index in [0.29, 0.717) is 24.8 Å². The lowest BCUT2D eigenvalue weighted by Crippen LogP contribution is -2.30. The highest BCUT2D eigenvalue weighted by atomic mass is 32.2. The topological polar surface area (TPSA) is 60.5 Å². The van der Waals surface area contributed by atoms with E-state index in [2.05, 4.69) is 10.3 Å². The number of nitrogens with one attached hydrogen (secondary N) is 1. The summed E-state index contributed by atoms with van der Waals surface area (Å²) in [7, 11) is 0. The van der Waals surface area contributed by atoms with Gasteiger partial charge < -0.3 is 14.8 Å². The SMILES string of the molecule is CCOc1ccc(Oc2cc(CNC(=O)C(C)SC)ccn2)cc1. The number of carbonyl (C=O) groups is 1. The molecule has 1 N–H and O–H groups in total. The summed E-state index contributed by atoms with van der Waals surface area (Å²) < 4.78 is 11.1. The lowest BCUT2D eigenvalue weighted by molar-refractivity contribution is -0.120. The second-order valence-corrected chi connectivity index (χ2v) is 6.28. The lowest BCUT2D eigenvalue weighted by Gasteiger charge is -2.11. The molecule has 0 fully saturated rings. The van der Waals surface area contributed by atoms with E-state index in [4.69, 9.17) is 9.47 Å². The maximum absolute atomic E-state index is 11.8. The first-order chi connectivity index (χ1) is 11.6. The Morgan fingerprint density at radius 2 is 1.96 bits per heavy atom. The molecule has 5 nitrogen and oxygen atoms in total. The molecule has 1 heterocycles. The largest absolute Gasteiger partial charge is 0.494 e. The summed E-state index contributed by atoms with van der Waals surface area (Å²) in [6.07, 6.45) is 3.59. The monoisotopic (exact) mass is 346 g/mol. The molecule has 1 unspecified atom stereocenters. The van der Waals surface area contributed by atoms with Crippen LogP contribution in [0.4, 0.5) is 0 Å². The first-order valence-electron chi connectivity index (χ1n) is 7.78. The Balaban J connectivity index is 1.95. The maximum Gasteiger partial charge on any atom is 0.233 e. The molecule has 0 bridgehead atoms. The van der Waals surface area contributed by atoms with Gasteiger partial charge in [-0.1, -0.05) is 0 Å². The number of benzene rings is 1. The molecule has 1 aromatic heterocycles. The second kappa shape index (κ2) is 9.17. The third-order valence-corrected chi connectivity index (χ3v) is 4.27. The van der Waals surface area contributed by atoms with Crippen molar-refractivity contribution in [1.82, 2.24) is 10.3 Å². The highest BCUT2D eigenvalue weighted by molar-refractivity contribution is 7.99. The van der Waals surface area contributed by atoms with Gasteiger partial charge in [-0.2, -0.15) is 11.8 Å². The van der Waals surface area contributed by atoms with E-state index >= 15 is 0 Å². The van der Waals surface area contributed by atoms with Crippen molar-refractivity contribution in [3.63, 3.8) is 0 Å². The second-order valence-electron chi connectivity index (χ2n) is 5.10. The summed E-state index contributed by atoms with van der Waals surface area (Å²) in [5.41, 5.74) is 0.938. The van der Waals surface area contributed by atoms with E-state index in [1.807, 2.05) is 56.5 Å². The first kappa shape index (κ1) is 18.1. The molecule has 128 valence electrons. The first-order valence-corrected chi connectivity index (χ1v) is 9.07. The summed E-state index contributed by atoms with van der Waals surface area (Å²) in [5, 5.41) is 2.84. The van der Waals surface area contributed by atoms with Crippen molar-refractivity contribution >= 4 is 17.7 Å². The molecule has 0 aliphatic carbocycles. The molecule has 0 saturated carbocycles. The number of hydrogen-bond donors (Lipinski definition) is 1. The Hall–Kier alpha value is -2.21. The zero-order chi connectivity index (χ0) is 17.4. The minimum absolute atomic E-state index is 0.0216. The fourth-order valence-corrected chi connectivity index (χ4v) is 2.24. The highest BCUT2D eigenvalue weighted by Gasteiger charge is 2.10. The van der Waals surface area contributed by atoms with Crippen molar-refractivity contribution in [2.24, 2.45) is 0 Å². The molecule has 24 heavy (non-hydrogen) atoms. The van der Waals surface area contributed by atoms with Crippen LogP contribution < -0.4 is 14.8 Å². The predicted molar refractivity (Wildman–Crippen MR) is 96.7 cm³/mol. The van der Waals surface area contributed by atoms with E-state index in [1.54, 1.807) is 6.20 Å². The van der Waals surface area contributed by atoms with Crippen molar-refractivity contribution < 1.29 is 14.3 Å². The lowest BCUT2D eigenvalue weighted by atomic mass is 10.2. The minimum atomic E-state index is -0.0635. The quantitative estimate of drug-likeness (QED) is 0.791. The number of amides is 1. The van der Waals surface area contributed by atoms with Crippen LogP contribution in [0.15, 0.2) is 42.6 Å². The predicted octanol–water partition coefficient (Wildman–Crippen LogP) is 3.64. The van der Waals surface area contributed by atoms with Crippen LogP contribution in [-0.2, 0) is 11.3 Å². The van der Waals surface area contributed by atoms with Crippen molar-refractivity contribution in [2.45, 2.75) is 25.6 Å². The van der Waals surface area contributed by atoms with Crippen molar-refractivity contribution in [3.05, 3.63) is 48.2 Å². The molecule has 2 rings (SSSR count). The molecule has 0 aliphatic rings. The van der Waals surface area contributed by atoms with E-state index in [1.165, 1.54) is 11.8 Å². The molecular weight excluding hydrogens is 324 g/mol. The number of nitrogens with zero attached hydrogens (tertiary/aromatic N) is 1. The molecular formula is C18H22N2O3S. The third kappa shape index (κ3) is 5.45. The molecule has 0 saturated heterocycles. The van der Waals surface area contributed by atoms with E-state index < -0.39 is 0 Å². The van der Waals surface area contributed by atoms with Gasteiger partial charge in [-0.15, -0.1) is 0 Å². The number of aromatic nitrogens is 1. The standard InChI is InChI=1S/C18H22N2O3S/c1-4-22-15-5-7-16(8-6-15)23-17-11-14(9-10-19-17)12-20-18(21)13(2)24-3/h5-11,13H,4,12H2,1-3H3,(H,20,21). The van der Waals surface area contributed by atoms with Crippen LogP contribution in [0.3, 0.4) is 0 Å². The number of hydrogen-bond acceptors (Lipinski definition) is 5. The van der Waals surface area contributed by atoms with Gasteiger partial charge in [0, 0.05) is 18.8 Å². The third-order valence-electron chi connectivity index (χ3n) is 3.35. The Morgan fingerprint density at radius 3 is 2.62 bits per heavy atom. The molecule has 1 atom stereocenters. The molecule has 2 aromatic rings. The average molecular weight is 346 g/mol. The average Bonchev–Trinajstić information content (AvgIpc) is 2.61. The zero-order valence-corrected chi connectivity index (χ0v) is 14.9. The number of rotatable bonds is 8. The summed E-state index contributed by atoms with van der Waals surface area (Å²) in [6.45, 7) is 4.90. The van der Waals surface area contributed by atoms with Crippen LogP contribution in [0.25, 0.3) is 0 Å². The van der Waals surface area contributed by atoms with Gasteiger partial charge in [-0.3, -0.25) is 4.79 Å². The van der Waals surface area contributed by atoms with Crippen molar-refractivity contribution in [1.29, 1.82) is 0 Å². The summed E-state index contributed by atoms with van der Waals surface area (Å²) in [6, 6.07) is 11.1. The maximum atomic E-state index is 11.8. The summed E-state index contributed by atoms with van der Waals surface area (Å²) in [4.78, 5) is 16.0. The van der Waals surface area contributed by atoms with Crippen molar-refractivity contribution in [3.8, 4) is 17.4 Å². The van der Waals surface area contributed by atoms with Crippen LogP contribution >= 0.6 is 11.8 Å². The van der Waals surface area contributed by atoms with Gasteiger partial charge in [-0.25, -0.2) is 4.98 Å². The Bertz CT molecular complexity index is 662. The number of pyridine rings is 1. The molecule has 1 aromatic carbocycles. The molecule has 0 spiro atoms. The number of thioether (sulfide) groups is 1. The van der Waals surface area contributed by atoms with Crippen LogP contribution in [0.1, 0.15) is 19.4 Å². The van der Waals surface area contributed by atoms with Gasteiger partial charge in [0.1, 0.15) is 11.5 Å². The summed E-state index contributed by atoms with van der Waals surface area (Å²) >= 11 is 1.52. The normalized spacial score (nSPS) is 11.6. The zero-order valence-electron chi connectivity index (χ0n) is 14.1. The Morgan fingerprint density at radius 1 is 1.25 bits per heavy atom. The van der Waals surface area contributed by atoms with Crippen LogP contribution in [-0.4, -0.2) is 29.0 Å². The van der Waals surface area contributed by atoms with Crippen molar-refractivity contribution in [2.75, 3.05) is 12.9 Å². The van der Waals surface area contributed by atoms with Gasteiger partial charge in [-0.05, 0) is 56.0 Å². The van der Waals surface area contributed by atoms with Crippen LogP contribution in [0, 0.1) is 0 Å². The number of ether oxygens (including phenoxy) is 2. The summed E-state index contributed by atoms with van der Waals surface area (Å²) in [5.74, 6) is 2.00. The Kier molecular flexibility index (Phi) is 6.93. The van der Waals surface area contributed by atoms with Crippen LogP contribution in [0.5, 0.6) is 17.4 Å². The minimum Gasteiger partial charge on any atom is -0.494 e. The van der Waals surface area contributed by atoms with Gasteiger partial charge in [0.25, 0.3) is 0 Å². The fraction of sp³-hybridized carbons (Fsp3) is 0.333. The van der Waals surface area contributed by atoms with E-state index in [9.17, 15) is 4.79 Å². The molecule has 0 radical (unpaired) electrons. The Labute approximate surface area is 146 Å². The molecule has 0 aliphatic heterocycles. The smallest absolute Gasteiger partial charge is 0.233 e. The van der Waals surface area contributed by atoms with Gasteiger partial charge >= 0.3 is 0 Å². The molecule has 1 amide bonds. The van der Waals surface area contributed by atoms with E-state index in [0.717, 1.165) is 11.3 Å². The van der Waals surface area contributed by atoms with Crippen LogP contribution in [0.2, 0.25) is 0 Å². The van der Waals surface area contributed by atoms with E-state index in [-0.39, 0.29) is 11.2 Å². The molecule has 6 heteroatoms. The highest BCUT2D eigenvalue weighted by Crippen LogP contribution is 2.23. The number of carbonyl (C=O) groups excluding carboxylic acids is 1. The van der Waals surface area contributed by atoms with Gasteiger partial charge in [0.15, 0.2) is 0 Å². The van der Waals surface area contributed by atoms with Gasteiger partial charge in [0.05, 0.1) is 11.9 Å².